The highest BCUT2D eigenvalue weighted by atomic mass is 19.1. The van der Waals surface area contributed by atoms with Crippen LogP contribution in [0, 0.1) is 17.7 Å². The standard InChI is InChI=1S/C20H26FN3O2/c21-15-6-9-17(18(10-15)22-16-7-8-16)23-19(25)14-11-24(12-14)20(26)13-4-2-1-3-5-13/h6,9-10,13-14,16,22H,1-5,7-8,11-12H2,(H,23,25). The van der Waals surface area contributed by atoms with E-state index in [-0.39, 0.29) is 29.5 Å². The molecule has 3 aliphatic rings. The fraction of sp³-hybridized carbons (Fsp3) is 0.600. The van der Waals surface area contributed by atoms with Crippen molar-refractivity contribution in [2.24, 2.45) is 11.8 Å². The van der Waals surface area contributed by atoms with Crippen LogP contribution in [0.1, 0.15) is 44.9 Å². The van der Waals surface area contributed by atoms with Gasteiger partial charge >= 0.3 is 0 Å². The van der Waals surface area contributed by atoms with Crippen molar-refractivity contribution in [3.63, 3.8) is 0 Å². The number of benzene rings is 1. The number of likely N-dealkylation sites (tertiary alicyclic amines) is 1. The molecule has 3 fully saturated rings. The van der Waals surface area contributed by atoms with Crippen LogP contribution < -0.4 is 10.6 Å². The van der Waals surface area contributed by atoms with Gasteiger partial charge in [0.05, 0.1) is 17.3 Å². The summed E-state index contributed by atoms with van der Waals surface area (Å²) in [4.78, 5) is 26.8. The van der Waals surface area contributed by atoms with Gasteiger partial charge in [-0.2, -0.15) is 0 Å². The largest absolute Gasteiger partial charge is 0.381 e. The molecule has 6 heteroatoms. The average molecular weight is 359 g/mol. The summed E-state index contributed by atoms with van der Waals surface area (Å²) in [6, 6.07) is 4.75. The number of carbonyl (C=O) groups excluding carboxylic acids is 2. The highest BCUT2D eigenvalue weighted by Crippen LogP contribution is 2.32. The number of rotatable bonds is 5. The van der Waals surface area contributed by atoms with Crippen LogP contribution in [-0.4, -0.2) is 35.8 Å². The number of nitrogens with zero attached hydrogens (tertiary/aromatic N) is 1. The van der Waals surface area contributed by atoms with E-state index in [0.29, 0.717) is 30.5 Å². The maximum atomic E-state index is 13.5. The summed E-state index contributed by atoms with van der Waals surface area (Å²) in [5.41, 5.74) is 1.25. The summed E-state index contributed by atoms with van der Waals surface area (Å²) in [5.74, 6) is -0.227. The molecule has 0 atom stereocenters. The first kappa shape index (κ1) is 17.3. The first-order chi connectivity index (χ1) is 12.6. The zero-order valence-corrected chi connectivity index (χ0v) is 15.0. The maximum Gasteiger partial charge on any atom is 0.231 e. The maximum absolute atomic E-state index is 13.5. The molecule has 1 aromatic rings. The third-order valence-electron chi connectivity index (χ3n) is 5.69. The number of anilines is 2. The minimum Gasteiger partial charge on any atom is -0.381 e. The van der Waals surface area contributed by atoms with Crippen molar-refractivity contribution in [1.82, 2.24) is 4.90 Å². The van der Waals surface area contributed by atoms with Crippen LogP contribution in [0.15, 0.2) is 18.2 Å². The molecule has 2 amide bonds. The molecule has 140 valence electrons. The topological polar surface area (TPSA) is 61.4 Å². The summed E-state index contributed by atoms with van der Waals surface area (Å²) in [5, 5.41) is 6.16. The van der Waals surface area contributed by atoms with Gasteiger partial charge in [0, 0.05) is 25.0 Å². The van der Waals surface area contributed by atoms with Crippen molar-refractivity contribution in [3.05, 3.63) is 24.0 Å². The van der Waals surface area contributed by atoms with Crippen LogP contribution in [0.4, 0.5) is 15.8 Å². The molecule has 0 spiro atoms. The molecule has 26 heavy (non-hydrogen) atoms. The number of hydrogen-bond acceptors (Lipinski definition) is 3. The molecule has 4 rings (SSSR count). The molecule has 1 aliphatic heterocycles. The quantitative estimate of drug-likeness (QED) is 0.847. The smallest absolute Gasteiger partial charge is 0.231 e. The molecule has 0 bridgehead atoms. The lowest BCUT2D eigenvalue weighted by Gasteiger charge is -2.40. The summed E-state index contributed by atoms with van der Waals surface area (Å²) >= 11 is 0. The van der Waals surface area contributed by atoms with Crippen LogP contribution in [-0.2, 0) is 9.59 Å². The molecular weight excluding hydrogens is 333 g/mol. The van der Waals surface area contributed by atoms with Crippen LogP contribution in [0.5, 0.6) is 0 Å². The van der Waals surface area contributed by atoms with Gasteiger partial charge in [0.25, 0.3) is 0 Å². The Balaban J connectivity index is 1.31. The van der Waals surface area contributed by atoms with E-state index in [1.54, 1.807) is 6.07 Å². The Morgan fingerprint density at radius 3 is 2.38 bits per heavy atom. The molecule has 0 aromatic heterocycles. The first-order valence-electron chi connectivity index (χ1n) is 9.76. The molecule has 2 aliphatic carbocycles. The second-order valence-electron chi connectivity index (χ2n) is 7.87. The van der Waals surface area contributed by atoms with Crippen LogP contribution in [0.25, 0.3) is 0 Å². The summed E-state index contributed by atoms with van der Waals surface area (Å²) in [7, 11) is 0. The molecule has 1 saturated heterocycles. The summed E-state index contributed by atoms with van der Waals surface area (Å²) < 4.78 is 13.5. The molecule has 1 heterocycles. The second-order valence-corrected chi connectivity index (χ2v) is 7.87. The fourth-order valence-corrected chi connectivity index (χ4v) is 3.86. The molecule has 1 aromatic carbocycles. The van der Waals surface area contributed by atoms with Gasteiger partial charge in [-0.1, -0.05) is 19.3 Å². The van der Waals surface area contributed by atoms with Gasteiger partial charge in [0.2, 0.25) is 11.8 Å². The fourth-order valence-electron chi connectivity index (χ4n) is 3.86. The first-order valence-corrected chi connectivity index (χ1v) is 9.76. The third-order valence-corrected chi connectivity index (χ3v) is 5.69. The van der Waals surface area contributed by atoms with Gasteiger partial charge in [-0.3, -0.25) is 9.59 Å². The Morgan fingerprint density at radius 2 is 1.69 bits per heavy atom. The Kier molecular flexibility index (Phi) is 4.83. The zero-order chi connectivity index (χ0) is 18.1. The predicted molar refractivity (Wildman–Crippen MR) is 98.3 cm³/mol. The summed E-state index contributed by atoms with van der Waals surface area (Å²) in [6.45, 7) is 0.988. The van der Waals surface area contributed by atoms with Crippen molar-refractivity contribution < 1.29 is 14.0 Å². The highest BCUT2D eigenvalue weighted by molar-refractivity contribution is 5.97. The van der Waals surface area contributed by atoms with Gasteiger partial charge < -0.3 is 15.5 Å². The van der Waals surface area contributed by atoms with E-state index in [2.05, 4.69) is 10.6 Å². The predicted octanol–water partition coefficient (Wildman–Crippen LogP) is 3.38. The van der Waals surface area contributed by atoms with Crippen molar-refractivity contribution in [2.45, 2.75) is 51.0 Å². The molecule has 2 saturated carbocycles. The number of halogens is 1. The van der Waals surface area contributed by atoms with E-state index < -0.39 is 0 Å². The number of amides is 2. The molecule has 0 unspecified atom stereocenters. The zero-order valence-electron chi connectivity index (χ0n) is 15.0. The van der Waals surface area contributed by atoms with Gasteiger partial charge in [-0.05, 0) is 43.9 Å². The SMILES string of the molecule is O=C(Nc1ccc(F)cc1NC1CC1)C1CN(C(=O)C2CCCCC2)C1. The minimum atomic E-state index is -0.320. The third kappa shape index (κ3) is 3.84. The van der Waals surface area contributed by atoms with Crippen LogP contribution in [0.2, 0.25) is 0 Å². The lowest BCUT2D eigenvalue weighted by atomic mass is 9.86. The van der Waals surface area contributed by atoms with E-state index in [1.165, 1.54) is 18.6 Å². The minimum absolute atomic E-state index is 0.0943. The summed E-state index contributed by atoms with van der Waals surface area (Å²) in [6.07, 6.45) is 7.61. The lowest BCUT2D eigenvalue weighted by Crippen LogP contribution is -2.56. The molecule has 5 nitrogen and oxygen atoms in total. The van der Waals surface area contributed by atoms with E-state index in [0.717, 1.165) is 38.5 Å². The Labute approximate surface area is 153 Å². The molecular formula is C20H26FN3O2. The van der Waals surface area contributed by atoms with Crippen LogP contribution in [0.3, 0.4) is 0 Å². The second kappa shape index (κ2) is 7.25. The van der Waals surface area contributed by atoms with Gasteiger partial charge in [0.15, 0.2) is 0 Å². The van der Waals surface area contributed by atoms with E-state index in [4.69, 9.17) is 0 Å². The van der Waals surface area contributed by atoms with Gasteiger partial charge in [-0.25, -0.2) is 4.39 Å². The normalized spacial score (nSPS) is 21.2. The average Bonchev–Trinajstić information content (AvgIpc) is 3.41. The lowest BCUT2D eigenvalue weighted by molar-refractivity contribution is -0.145. The Hall–Kier alpha value is -2.11. The highest BCUT2D eigenvalue weighted by Gasteiger charge is 2.38. The van der Waals surface area contributed by atoms with E-state index in [1.807, 2.05) is 4.90 Å². The van der Waals surface area contributed by atoms with E-state index in [9.17, 15) is 14.0 Å². The number of carbonyl (C=O) groups is 2. The number of nitrogens with one attached hydrogen (secondary N) is 2. The Bertz CT molecular complexity index is 692. The van der Waals surface area contributed by atoms with Crippen molar-refractivity contribution >= 4 is 23.2 Å². The molecule has 2 N–H and O–H groups in total. The number of hydrogen-bond donors (Lipinski definition) is 2. The van der Waals surface area contributed by atoms with Gasteiger partial charge in [0.1, 0.15) is 5.82 Å². The van der Waals surface area contributed by atoms with Crippen molar-refractivity contribution in [3.8, 4) is 0 Å². The monoisotopic (exact) mass is 359 g/mol. The van der Waals surface area contributed by atoms with Crippen molar-refractivity contribution in [2.75, 3.05) is 23.7 Å². The van der Waals surface area contributed by atoms with Gasteiger partial charge in [-0.15, -0.1) is 0 Å². The van der Waals surface area contributed by atoms with Crippen molar-refractivity contribution in [1.29, 1.82) is 0 Å². The van der Waals surface area contributed by atoms with E-state index >= 15 is 0 Å². The van der Waals surface area contributed by atoms with Crippen LogP contribution >= 0.6 is 0 Å². The molecule has 0 radical (unpaired) electrons. The Morgan fingerprint density at radius 1 is 0.962 bits per heavy atom.